The summed E-state index contributed by atoms with van der Waals surface area (Å²) < 4.78 is 6.49. The first kappa shape index (κ1) is 14.9. The van der Waals surface area contributed by atoms with Crippen LogP contribution >= 0.6 is 15.9 Å². The van der Waals surface area contributed by atoms with Crippen molar-refractivity contribution in [2.45, 2.75) is 20.3 Å². The largest absolute Gasteiger partial charge is 0.496 e. The van der Waals surface area contributed by atoms with E-state index in [1.807, 2.05) is 12.1 Å². The second-order valence-electron chi connectivity index (χ2n) is 4.81. The number of aryl methyl sites for hydroxylation is 2. The second-order valence-corrected chi connectivity index (χ2v) is 5.73. The maximum Gasteiger partial charge on any atom is 0.125 e. The van der Waals surface area contributed by atoms with Gasteiger partial charge in [0.15, 0.2) is 0 Å². The molecule has 106 valence electrons. The average molecular weight is 335 g/mol. The number of aromatic nitrogens is 1. The molecule has 2 aromatic rings. The standard InChI is InChI=1S/C16H19BrN2O/c1-11-8-12(2)16(20-3)13(9-11)6-7-18-15-5-4-14(17)10-19-15/h4-5,8-10H,6-7H2,1-3H3,(H,18,19). The minimum atomic E-state index is 0.827. The zero-order valence-electron chi connectivity index (χ0n) is 12.0. The van der Waals surface area contributed by atoms with Crippen molar-refractivity contribution in [3.05, 3.63) is 51.6 Å². The maximum atomic E-state index is 5.50. The van der Waals surface area contributed by atoms with Gasteiger partial charge in [0.1, 0.15) is 11.6 Å². The van der Waals surface area contributed by atoms with Crippen LogP contribution in [0.25, 0.3) is 0 Å². The van der Waals surface area contributed by atoms with Gasteiger partial charge >= 0.3 is 0 Å². The van der Waals surface area contributed by atoms with Gasteiger partial charge in [-0.2, -0.15) is 0 Å². The van der Waals surface area contributed by atoms with Crippen LogP contribution in [-0.4, -0.2) is 18.6 Å². The van der Waals surface area contributed by atoms with E-state index in [-0.39, 0.29) is 0 Å². The van der Waals surface area contributed by atoms with Crippen LogP contribution < -0.4 is 10.1 Å². The molecule has 4 heteroatoms. The van der Waals surface area contributed by atoms with Crippen LogP contribution in [0, 0.1) is 13.8 Å². The molecule has 0 spiro atoms. The topological polar surface area (TPSA) is 34.1 Å². The summed E-state index contributed by atoms with van der Waals surface area (Å²) in [5, 5.41) is 3.32. The molecule has 0 amide bonds. The summed E-state index contributed by atoms with van der Waals surface area (Å²) >= 11 is 3.38. The average Bonchev–Trinajstić information content (AvgIpc) is 2.40. The number of hydrogen-bond acceptors (Lipinski definition) is 3. The Balaban J connectivity index is 2.02. The Morgan fingerprint density at radius 1 is 1.25 bits per heavy atom. The maximum absolute atomic E-state index is 5.50. The number of methoxy groups -OCH3 is 1. The fourth-order valence-corrected chi connectivity index (χ4v) is 2.56. The van der Waals surface area contributed by atoms with E-state index in [1.54, 1.807) is 13.3 Å². The lowest BCUT2D eigenvalue weighted by atomic mass is 10.0. The number of benzene rings is 1. The monoisotopic (exact) mass is 334 g/mol. The van der Waals surface area contributed by atoms with Gasteiger partial charge in [0, 0.05) is 17.2 Å². The second kappa shape index (κ2) is 6.75. The molecular weight excluding hydrogens is 316 g/mol. The van der Waals surface area contributed by atoms with E-state index >= 15 is 0 Å². The van der Waals surface area contributed by atoms with Crippen molar-refractivity contribution in [3.63, 3.8) is 0 Å². The molecule has 0 fully saturated rings. The van der Waals surface area contributed by atoms with Gasteiger partial charge in [-0.25, -0.2) is 4.98 Å². The third-order valence-corrected chi connectivity index (χ3v) is 3.60. The fraction of sp³-hybridized carbons (Fsp3) is 0.312. The Morgan fingerprint density at radius 2 is 2.05 bits per heavy atom. The molecule has 0 saturated carbocycles. The van der Waals surface area contributed by atoms with Gasteiger partial charge in [-0.3, -0.25) is 0 Å². The highest BCUT2D eigenvalue weighted by Crippen LogP contribution is 2.25. The lowest BCUT2D eigenvalue weighted by Gasteiger charge is -2.13. The third-order valence-electron chi connectivity index (χ3n) is 3.13. The Labute approximate surface area is 128 Å². The van der Waals surface area contributed by atoms with E-state index in [4.69, 9.17) is 4.74 Å². The highest BCUT2D eigenvalue weighted by molar-refractivity contribution is 9.10. The summed E-state index contributed by atoms with van der Waals surface area (Å²) in [5.74, 6) is 1.87. The van der Waals surface area contributed by atoms with Gasteiger partial charge in [-0.05, 0) is 59.5 Å². The minimum Gasteiger partial charge on any atom is -0.496 e. The zero-order chi connectivity index (χ0) is 14.5. The van der Waals surface area contributed by atoms with Crippen molar-refractivity contribution >= 4 is 21.7 Å². The first-order valence-electron chi connectivity index (χ1n) is 6.59. The number of rotatable bonds is 5. The minimum absolute atomic E-state index is 0.827. The molecule has 0 atom stereocenters. The Morgan fingerprint density at radius 3 is 2.70 bits per heavy atom. The molecule has 0 aliphatic heterocycles. The SMILES string of the molecule is COc1c(C)cc(C)cc1CCNc1ccc(Br)cn1. The third kappa shape index (κ3) is 3.73. The van der Waals surface area contributed by atoms with E-state index in [0.717, 1.165) is 29.0 Å². The first-order chi connectivity index (χ1) is 9.60. The van der Waals surface area contributed by atoms with Crippen LogP contribution in [-0.2, 0) is 6.42 Å². The molecule has 2 rings (SSSR count). The van der Waals surface area contributed by atoms with Crippen molar-refractivity contribution in [1.82, 2.24) is 4.98 Å². The fourth-order valence-electron chi connectivity index (χ4n) is 2.33. The van der Waals surface area contributed by atoms with Gasteiger partial charge in [0.25, 0.3) is 0 Å². The van der Waals surface area contributed by atoms with Gasteiger partial charge in [-0.1, -0.05) is 17.7 Å². The molecule has 0 aliphatic rings. The van der Waals surface area contributed by atoms with Crippen molar-refractivity contribution in [2.24, 2.45) is 0 Å². The number of ether oxygens (including phenoxy) is 1. The number of pyridine rings is 1. The molecule has 0 radical (unpaired) electrons. The lowest BCUT2D eigenvalue weighted by molar-refractivity contribution is 0.406. The van der Waals surface area contributed by atoms with Crippen LogP contribution in [0.5, 0.6) is 5.75 Å². The van der Waals surface area contributed by atoms with Crippen LogP contribution in [0.1, 0.15) is 16.7 Å². The highest BCUT2D eigenvalue weighted by Gasteiger charge is 2.07. The summed E-state index contributed by atoms with van der Waals surface area (Å²) in [6.45, 7) is 5.02. The van der Waals surface area contributed by atoms with E-state index in [0.29, 0.717) is 0 Å². The molecule has 1 heterocycles. The van der Waals surface area contributed by atoms with E-state index < -0.39 is 0 Å². The number of anilines is 1. The summed E-state index contributed by atoms with van der Waals surface area (Å²) in [6, 6.07) is 8.27. The van der Waals surface area contributed by atoms with E-state index in [2.05, 4.69) is 52.2 Å². The number of hydrogen-bond donors (Lipinski definition) is 1. The predicted octanol–water partition coefficient (Wildman–Crippen LogP) is 4.12. The Kier molecular flexibility index (Phi) is 5.01. The summed E-state index contributed by atoms with van der Waals surface area (Å²) in [5.41, 5.74) is 3.68. The smallest absolute Gasteiger partial charge is 0.125 e. The molecule has 0 unspecified atom stereocenters. The van der Waals surface area contributed by atoms with Crippen LogP contribution in [0.3, 0.4) is 0 Å². The molecule has 1 aromatic heterocycles. The Hall–Kier alpha value is -1.55. The molecule has 20 heavy (non-hydrogen) atoms. The molecular formula is C16H19BrN2O. The van der Waals surface area contributed by atoms with Crippen molar-refractivity contribution in [1.29, 1.82) is 0 Å². The molecule has 0 saturated heterocycles. The van der Waals surface area contributed by atoms with Gasteiger partial charge < -0.3 is 10.1 Å². The molecule has 0 aliphatic carbocycles. The van der Waals surface area contributed by atoms with Gasteiger partial charge in [0.05, 0.1) is 7.11 Å². The number of halogens is 1. The van der Waals surface area contributed by atoms with Crippen molar-refractivity contribution in [2.75, 3.05) is 19.0 Å². The predicted molar refractivity (Wildman–Crippen MR) is 86.6 cm³/mol. The van der Waals surface area contributed by atoms with Crippen LogP contribution in [0.2, 0.25) is 0 Å². The molecule has 1 aromatic carbocycles. The Bertz CT molecular complexity index is 582. The van der Waals surface area contributed by atoms with E-state index in [9.17, 15) is 0 Å². The molecule has 3 nitrogen and oxygen atoms in total. The van der Waals surface area contributed by atoms with Gasteiger partial charge in [0.2, 0.25) is 0 Å². The normalized spacial score (nSPS) is 10.4. The summed E-state index contributed by atoms with van der Waals surface area (Å²) in [4.78, 5) is 4.30. The molecule has 1 N–H and O–H groups in total. The summed E-state index contributed by atoms with van der Waals surface area (Å²) in [7, 11) is 1.73. The quantitative estimate of drug-likeness (QED) is 0.892. The number of nitrogens with zero attached hydrogens (tertiary/aromatic N) is 1. The van der Waals surface area contributed by atoms with Gasteiger partial charge in [-0.15, -0.1) is 0 Å². The van der Waals surface area contributed by atoms with Crippen LogP contribution in [0.4, 0.5) is 5.82 Å². The lowest BCUT2D eigenvalue weighted by Crippen LogP contribution is -2.07. The van der Waals surface area contributed by atoms with Crippen molar-refractivity contribution in [3.8, 4) is 5.75 Å². The molecule has 0 bridgehead atoms. The highest BCUT2D eigenvalue weighted by atomic mass is 79.9. The zero-order valence-corrected chi connectivity index (χ0v) is 13.6. The summed E-state index contributed by atoms with van der Waals surface area (Å²) in [6.07, 6.45) is 2.70. The number of nitrogens with one attached hydrogen (secondary N) is 1. The first-order valence-corrected chi connectivity index (χ1v) is 7.39. The van der Waals surface area contributed by atoms with E-state index in [1.165, 1.54) is 16.7 Å². The van der Waals surface area contributed by atoms with Crippen molar-refractivity contribution < 1.29 is 4.74 Å². The van der Waals surface area contributed by atoms with Crippen LogP contribution in [0.15, 0.2) is 34.9 Å².